The highest BCUT2D eigenvalue weighted by Crippen LogP contribution is 2.40. The highest BCUT2D eigenvalue weighted by molar-refractivity contribution is 7.89. The topological polar surface area (TPSA) is 86.2 Å². The van der Waals surface area contributed by atoms with Crippen LogP contribution in [0, 0.1) is 0 Å². The lowest BCUT2D eigenvalue weighted by Gasteiger charge is -2.10. The number of nitrogens with two attached hydrogens (primary N) is 1. The quantitative estimate of drug-likeness (QED) is 0.782. The van der Waals surface area contributed by atoms with Crippen LogP contribution in [0.2, 0.25) is 0 Å². The number of hydrogen-bond donors (Lipinski definition) is 1. The zero-order chi connectivity index (χ0) is 17.3. The number of aromatic nitrogens is 1. The first kappa shape index (κ1) is 16.4. The van der Waals surface area contributed by atoms with Crippen molar-refractivity contribution in [3.8, 4) is 22.5 Å². The Kier molecular flexibility index (Phi) is 4.26. The van der Waals surface area contributed by atoms with Gasteiger partial charge in [-0.3, -0.25) is 0 Å². The maximum Gasteiger partial charge on any atom is 0.238 e. The van der Waals surface area contributed by atoms with Crippen LogP contribution in [-0.2, 0) is 10.0 Å². The van der Waals surface area contributed by atoms with Crippen molar-refractivity contribution < 1.29 is 12.9 Å². The third kappa shape index (κ3) is 2.98. The number of hydrogen-bond acceptors (Lipinski definition) is 4. The molecule has 1 aromatic heterocycles. The van der Waals surface area contributed by atoms with Crippen LogP contribution in [0.3, 0.4) is 0 Å². The van der Waals surface area contributed by atoms with Crippen LogP contribution in [-0.4, -0.2) is 13.6 Å². The molecule has 2 N–H and O–H groups in total. The van der Waals surface area contributed by atoms with Crippen LogP contribution in [0.1, 0.15) is 25.5 Å². The van der Waals surface area contributed by atoms with Crippen molar-refractivity contribution in [2.45, 2.75) is 24.7 Å². The average molecular weight is 342 g/mol. The van der Waals surface area contributed by atoms with Gasteiger partial charge >= 0.3 is 0 Å². The molecular formula is C18H18N2O3S. The van der Waals surface area contributed by atoms with E-state index in [9.17, 15) is 8.42 Å². The van der Waals surface area contributed by atoms with Crippen LogP contribution < -0.4 is 5.14 Å². The summed E-state index contributed by atoms with van der Waals surface area (Å²) >= 11 is 0. The van der Waals surface area contributed by atoms with Gasteiger partial charge < -0.3 is 4.52 Å². The van der Waals surface area contributed by atoms with E-state index in [4.69, 9.17) is 9.66 Å². The molecule has 1 heterocycles. The molecule has 0 aliphatic carbocycles. The normalized spacial score (nSPS) is 11.8. The Morgan fingerprint density at radius 1 is 1.00 bits per heavy atom. The number of primary sulfonamides is 1. The molecule has 0 saturated heterocycles. The molecule has 0 atom stereocenters. The molecule has 0 spiro atoms. The van der Waals surface area contributed by atoms with Gasteiger partial charge in [0.15, 0.2) is 5.76 Å². The molecule has 0 unspecified atom stereocenters. The Bertz CT molecular complexity index is 961. The van der Waals surface area contributed by atoms with Gasteiger partial charge in [-0.05, 0) is 12.0 Å². The molecule has 0 fully saturated rings. The molecule has 6 heteroatoms. The monoisotopic (exact) mass is 342 g/mol. The molecule has 0 amide bonds. The van der Waals surface area contributed by atoms with Gasteiger partial charge in [-0.15, -0.1) is 0 Å². The summed E-state index contributed by atoms with van der Waals surface area (Å²) in [5.41, 5.74) is 2.70. The Morgan fingerprint density at radius 2 is 1.62 bits per heavy atom. The van der Waals surface area contributed by atoms with Gasteiger partial charge in [0, 0.05) is 11.1 Å². The lowest BCUT2D eigenvalue weighted by atomic mass is 9.95. The largest absolute Gasteiger partial charge is 0.355 e. The van der Waals surface area contributed by atoms with Crippen molar-refractivity contribution in [1.82, 2.24) is 5.16 Å². The third-order valence-corrected chi connectivity index (χ3v) is 4.73. The van der Waals surface area contributed by atoms with Gasteiger partial charge in [-0.1, -0.05) is 67.5 Å². The first-order valence-corrected chi connectivity index (χ1v) is 9.11. The molecule has 0 radical (unpaired) electrons. The van der Waals surface area contributed by atoms with Crippen LogP contribution in [0.4, 0.5) is 0 Å². The molecule has 0 bridgehead atoms. The van der Waals surface area contributed by atoms with Gasteiger partial charge in [-0.25, -0.2) is 13.6 Å². The lowest BCUT2D eigenvalue weighted by Crippen LogP contribution is -2.13. The van der Waals surface area contributed by atoms with E-state index in [1.165, 1.54) is 6.07 Å². The van der Waals surface area contributed by atoms with Crippen LogP contribution in [0.25, 0.3) is 22.5 Å². The molecule has 24 heavy (non-hydrogen) atoms. The summed E-state index contributed by atoms with van der Waals surface area (Å²) in [6, 6.07) is 16.1. The number of rotatable bonds is 4. The summed E-state index contributed by atoms with van der Waals surface area (Å²) in [4.78, 5) is 0.0623. The van der Waals surface area contributed by atoms with Gasteiger partial charge in [-0.2, -0.15) is 0 Å². The smallest absolute Gasteiger partial charge is 0.238 e. The van der Waals surface area contributed by atoms with Crippen LogP contribution >= 0.6 is 0 Å². The van der Waals surface area contributed by atoms with E-state index < -0.39 is 10.0 Å². The van der Waals surface area contributed by atoms with E-state index in [0.717, 1.165) is 5.56 Å². The van der Waals surface area contributed by atoms with Crippen molar-refractivity contribution in [1.29, 1.82) is 0 Å². The fourth-order valence-electron chi connectivity index (χ4n) is 2.66. The lowest BCUT2D eigenvalue weighted by molar-refractivity contribution is 0.420. The van der Waals surface area contributed by atoms with E-state index in [2.05, 4.69) is 5.16 Å². The first-order chi connectivity index (χ1) is 11.4. The molecule has 124 valence electrons. The zero-order valence-corrected chi connectivity index (χ0v) is 14.2. The van der Waals surface area contributed by atoms with E-state index in [-0.39, 0.29) is 10.8 Å². The molecule has 0 aliphatic heterocycles. The van der Waals surface area contributed by atoms with Crippen molar-refractivity contribution in [2.75, 3.05) is 0 Å². The van der Waals surface area contributed by atoms with Crippen LogP contribution in [0.15, 0.2) is 64.0 Å². The molecular weight excluding hydrogens is 324 g/mol. The van der Waals surface area contributed by atoms with Crippen molar-refractivity contribution in [3.63, 3.8) is 0 Å². The maximum atomic E-state index is 12.0. The average Bonchev–Trinajstić information content (AvgIpc) is 3.00. The van der Waals surface area contributed by atoms with Gasteiger partial charge in [0.1, 0.15) is 0 Å². The second-order valence-electron chi connectivity index (χ2n) is 5.83. The van der Waals surface area contributed by atoms with E-state index in [1.807, 2.05) is 44.2 Å². The summed E-state index contributed by atoms with van der Waals surface area (Å²) in [7, 11) is -3.87. The van der Waals surface area contributed by atoms with Crippen molar-refractivity contribution >= 4 is 10.0 Å². The fourth-order valence-corrected chi connectivity index (χ4v) is 3.41. The third-order valence-electron chi connectivity index (χ3n) is 3.76. The molecule has 0 aliphatic rings. The molecule has 2 aromatic carbocycles. The van der Waals surface area contributed by atoms with E-state index in [1.54, 1.807) is 18.2 Å². The van der Waals surface area contributed by atoms with Gasteiger partial charge in [0.2, 0.25) is 10.0 Å². The summed E-state index contributed by atoms with van der Waals surface area (Å²) < 4.78 is 29.6. The molecule has 3 rings (SSSR count). The Balaban J connectivity index is 2.35. The zero-order valence-electron chi connectivity index (χ0n) is 13.4. The molecule has 0 saturated carbocycles. The van der Waals surface area contributed by atoms with E-state index >= 15 is 0 Å². The number of nitrogens with zero attached hydrogens (tertiary/aromatic N) is 1. The molecule has 3 aromatic rings. The maximum absolute atomic E-state index is 12.0. The van der Waals surface area contributed by atoms with E-state index in [0.29, 0.717) is 22.6 Å². The Morgan fingerprint density at radius 3 is 2.25 bits per heavy atom. The predicted molar refractivity (Wildman–Crippen MR) is 92.8 cm³/mol. The number of sulfonamides is 1. The minimum atomic E-state index is -3.87. The second kappa shape index (κ2) is 6.22. The van der Waals surface area contributed by atoms with Gasteiger partial charge in [0.05, 0.1) is 16.2 Å². The fraction of sp³-hybridized carbons (Fsp3) is 0.167. The SMILES string of the molecule is CC(C)c1noc(-c2ccccc2)c1-c1ccccc1S(N)(=O)=O. The van der Waals surface area contributed by atoms with Crippen LogP contribution in [0.5, 0.6) is 0 Å². The summed E-state index contributed by atoms with van der Waals surface area (Å²) in [5, 5.41) is 9.58. The standard InChI is InChI=1S/C18H18N2O3S/c1-12(2)17-16(14-10-6-7-11-15(14)24(19,21)22)18(23-20-17)13-8-4-3-5-9-13/h3-12H,1-2H3,(H2,19,21,22). The minimum absolute atomic E-state index is 0.0623. The van der Waals surface area contributed by atoms with Crippen molar-refractivity contribution in [3.05, 3.63) is 60.3 Å². The second-order valence-corrected chi connectivity index (χ2v) is 7.36. The first-order valence-electron chi connectivity index (χ1n) is 7.56. The Labute approximate surface area is 141 Å². The summed E-state index contributed by atoms with van der Waals surface area (Å²) in [5.74, 6) is 0.602. The highest BCUT2D eigenvalue weighted by Gasteiger charge is 2.25. The molecule has 5 nitrogen and oxygen atoms in total. The summed E-state index contributed by atoms with van der Waals surface area (Å²) in [6.07, 6.45) is 0. The minimum Gasteiger partial charge on any atom is -0.355 e. The highest BCUT2D eigenvalue weighted by atomic mass is 32.2. The number of benzene rings is 2. The van der Waals surface area contributed by atoms with Crippen molar-refractivity contribution in [2.24, 2.45) is 5.14 Å². The Hall–Kier alpha value is -2.44. The predicted octanol–water partition coefficient (Wildman–Crippen LogP) is 3.78. The summed E-state index contributed by atoms with van der Waals surface area (Å²) in [6.45, 7) is 3.96. The van der Waals surface area contributed by atoms with Gasteiger partial charge in [0.25, 0.3) is 0 Å².